The van der Waals surface area contributed by atoms with Crippen LogP contribution in [0.25, 0.3) is 0 Å². The molecule has 6 heteroatoms. The van der Waals surface area contributed by atoms with E-state index in [-0.39, 0.29) is 22.6 Å². The Labute approximate surface area is 123 Å². The number of nitrogens with zero attached hydrogens (tertiary/aromatic N) is 1. The predicted molar refractivity (Wildman–Crippen MR) is 59.3 cm³/mol. The van der Waals surface area contributed by atoms with E-state index in [1.807, 2.05) is 0 Å². The second-order valence-corrected chi connectivity index (χ2v) is 3.11. The molecule has 0 saturated carbocycles. The fraction of sp³-hybridized carbons (Fsp3) is 0.444. The molecule has 0 unspecified atom stereocenters. The van der Waals surface area contributed by atoms with Gasteiger partial charge in [-0.2, -0.15) is 13.5 Å². The van der Waals surface area contributed by atoms with Crippen LogP contribution in [0.5, 0.6) is 0 Å². The molecule has 0 bridgehead atoms. The molecule has 0 aliphatic heterocycles. The normalized spacial score (nSPS) is 7.73. The van der Waals surface area contributed by atoms with Gasteiger partial charge in [0.25, 0.3) is 0 Å². The second kappa shape index (κ2) is 14.4. The molecule has 0 aliphatic carbocycles. The number of hydrogen-bond acceptors (Lipinski definition) is 3. The second-order valence-electron chi connectivity index (χ2n) is 3.11. The molecule has 0 radical (unpaired) electrons. The zero-order valence-electron chi connectivity index (χ0n) is 9.06. The minimum atomic E-state index is -0.447. The van der Waals surface area contributed by atoms with Gasteiger partial charge in [0.1, 0.15) is 0 Å². The molecule has 86 valence electrons. The van der Waals surface area contributed by atoms with E-state index in [0.29, 0.717) is 0 Å². The summed E-state index contributed by atoms with van der Waals surface area (Å²) in [6.07, 6.45) is 0. The number of carbonyl (C=O) groups excluding carboxylic acids is 1. The van der Waals surface area contributed by atoms with Crippen molar-refractivity contribution in [3.8, 4) is 0 Å². The molecule has 0 rings (SSSR count). The van der Waals surface area contributed by atoms with Crippen molar-refractivity contribution in [1.29, 1.82) is 5.26 Å². The fourth-order valence-corrected chi connectivity index (χ4v) is 0.350. The predicted octanol–water partition coefficient (Wildman–Crippen LogP) is 2.70. The molecule has 0 amide bonds. The molecule has 0 atom stereocenters. The van der Waals surface area contributed by atoms with Crippen LogP contribution in [0, 0.1) is 18.8 Å². The van der Waals surface area contributed by atoms with Crippen LogP contribution in [0.15, 0.2) is 12.2 Å². The third-order valence-corrected chi connectivity index (χ3v) is 0.688. The molecule has 0 fully saturated rings. The summed E-state index contributed by atoms with van der Waals surface area (Å²) in [7, 11) is 0. The van der Waals surface area contributed by atoms with Gasteiger partial charge in [0, 0.05) is 0 Å². The van der Waals surface area contributed by atoms with Crippen molar-refractivity contribution in [3.63, 3.8) is 0 Å². The van der Waals surface area contributed by atoms with Gasteiger partial charge in [-0.1, -0.05) is 0 Å². The van der Waals surface area contributed by atoms with Gasteiger partial charge in [-0.25, -0.2) is 0 Å². The first-order chi connectivity index (χ1) is 6.33. The van der Waals surface area contributed by atoms with Gasteiger partial charge in [-0.05, 0) is 20.8 Å². The average molecular weight is 423 g/mol. The van der Waals surface area contributed by atoms with Crippen molar-refractivity contribution in [1.82, 2.24) is 0 Å². The molecule has 0 aromatic rings. The van der Waals surface area contributed by atoms with Gasteiger partial charge in [-0.15, -0.1) is 5.57 Å². The van der Waals surface area contributed by atoms with Crippen molar-refractivity contribution in [2.24, 2.45) is 0 Å². The quantitative estimate of drug-likeness (QED) is 0.214. The van der Waals surface area contributed by atoms with Crippen molar-refractivity contribution in [2.75, 3.05) is 0 Å². The van der Waals surface area contributed by atoms with Gasteiger partial charge >= 0.3 is 51.6 Å². The molecule has 0 aliphatic rings. The Morgan fingerprint density at radius 3 is 1.80 bits per heavy atom. The number of halogens is 1. The van der Waals surface area contributed by atoms with E-state index in [1.54, 1.807) is 20.8 Å². The summed E-state index contributed by atoms with van der Waals surface area (Å²) in [6, 6.07) is 0. The summed E-state index contributed by atoms with van der Waals surface area (Å²) in [6.45, 7) is 16.9. The summed E-state index contributed by atoms with van der Waals surface area (Å²) in [4.78, 5) is 10.8. The molecule has 3 nitrogen and oxygen atoms in total. The standard InChI is InChI=1S/C8H13O2.CN.Cu.HI.Zn/c1-6(2)7(9)10-8(3,4)5;1-2;;;/h1-2H2,3-5H3;;;1H;/q2*-1;+1;;+2/p-1. The summed E-state index contributed by atoms with van der Waals surface area (Å²) in [5.41, 5.74) is -0.257. The first-order valence-corrected chi connectivity index (χ1v) is 12.6. The number of ether oxygens (including phenoxy) is 1. The van der Waals surface area contributed by atoms with Gasteiger partial charge in [-0.3, -0.25) is 0 Å². The van der Waals surface area contributed by atoms with Crippen LogP contribution in [0.1, 0.15) is 20.8 Å². The number of esters is 1. The maximum absolute atomic E-state index is 10.8. The Hall–Kier alpha value is 0.443. The maximum atomic E-state index is 10.8. The van der Waals surface area contributed by atoms with E-state index in [1.165, 1.54) is 14.8 Å². The molecule has 0 aromatic heterocycles. The van der Waals surface area contributed by atoms with E-state index in [0.717, 1.165) is 0 Å². The Balaban J connectivity index is -0.000000107. The van der Waals surface area contributed by atoms with Crippen molar-refractivity contribution in [2.45, 2.75) is 26.4 Å². The monoisotopic (exact) mass is 421 g/mol. The number of hydrogen-bond donors (Lipinski definition) is 0. The van der Waals surface area contributed by atoms with Gasteiger partial charge in [0.05, 0.1) is 5.60 Å². The van der Waals surface area contributed by atoms with Crippen molar-refractivity contribution >= 4 is 25.7 Å². The Kier molecular flexibility index (Phi) is 23.7. The molecule has 15 heavy (non-hydrogen) atoms. The topological polar surface area (TPSA) is 50.1 Å². The van der Waals surface area contributed by atoms with Gasteiger partial charge in [0.2, 0.25) is 5.97 Å². The zero-order chi connectivity index (χ0) is 12.4. The molecule has 0 N–H and O–H groups in total. The summed E-state index contributed by atoms with van der Waals surface area (Å²) in [5, 5.41) is 6.25. The minimum absolute atomic E-state index is 0. The number of rotatable bonds is 1. The van der Waals surface area contributed by atoms with Crippen LogP contribution in [-0.2, 0) is 41.4 Å². The third kappa shape index (κ3) is 25.1. The van der Waals surface area contributed by atoms with Crippen LogP contribution in [0.4, 0.5) is 0 Å². The molecular weight excluding hydrogens is 410 g/mol. The molecule has 0 heterocycles. The molecule has 0 spiro atoms. The summed E-state index contributed by atoms with van der Waals surface area (Å²) >= 11 is 3.62. The first kappa shape index (κ1) is 24.6. The molecule has 0 aromatic carbocycles. The van der Waals surface area contributed by atoms with E-state index in [9.17, 15) is 4.79 Å². The van der Waals surface area contributed by atoms with Crippen LogP contribution in [-0.4, -0.2) is 11.6 Å². The SMILES string of the molecule is C=C([CH2-])C(=O)OC(C)(C)C.[C-]#N.[Cu+].[Zn+][I]. The van der Waals surface area contributed by atoms with E-state index in [4.69, 9.17) is 16.6 Å². The Morgan fingerprint density at radius 2 is 1.73 bits per heavy atom. The van der Waals surface area contributed by atoms with Crippen LogP contribution in [0.3, 0.4) is 0 Å². The van der Waals surface area contributed by atoms with Gasteiger partial charge < -0.3 is 21.4 Å². The molecular formula is C9H13CuINO2Zn. The number of carbonyl (C=O) groups is 1. The Bertz CT molecular complexity index is 202. The van der Waals surface area contributed by atoms with E-state index >= 15 is 0 Å². The summed E-state index contributed by atoms with van der Waals surface area (Å²) < 4.78 is 4.90. The first-order valence-electron chi connectivity index (χ1n) is 3.56. The van der Waals surface area contributed by atoms with Crippen LogP contribution < -0.4 is 0 Å². The molecule has 0 saturated heterocycles. The Morgan fingerprint density at radius 1 is 1.47 bits per heavy atom. The van der Waals surface area contributed by atoms with Crippen LogP contribution in [0.2, 0.25) is 0 Å². The fourth-order valence-electron chi connectivity index (χ4n) is 0.350. The van der Waals surface area contributed by atoms with E-state index < -0.39 is 11.6 Å². The van der Waals surface area contributed by atoms with E-state index in [2.05, 4.69) is 33.3 Å². The van der Waals surface area contributed by atoms with Gasteiger partial charge in [0.15, 0.2) is 0 Å². The third-order valence-electron chi connectivity index (χ3n) is 0.688. The average Bonchev–Trinajstić information content (AvgIpc) is 2.08. The van der Waals surface area contributed by atoms with Crippen molar-refractivity contribution < 1.29 is 41.4 Å². The summed E-state index contributed by atoms with van der Waals surface area (Å²) in [5.74, 6) is -0.438. The zero-order valence-corrected chi connectivity index (χ0v) is 15.1. The van der Waals surface area contributed by atoms with Crippen LogP contribution >= 0.6 is 19.8 Å². The van der Waals surface area contributed by atoms with Crippen molar-refractivity contribution in [3.05, 3.63) is 25.6 Å².